The molecule has 1 amide bonds. The molecule has 0 aliphatic carbocycles. The van der Waals surface area contributed by atoms with Crippen LogP contribution in [0.1, 0.15) is 23.6 Å². The molecule has 0 spiro atoms. The van der Waals surface area contributed by atoms with E-state index >= 15 is 0 Å². The minimum atomic E-state index is -0.481. The number of nitrogens with zero attached hydrogens (tertiary/aromatic N) is 1. The van der Waals surface area contributed by atoms with Crippen LogP contribution in [0.3, 0.4) is 0 Å². The Bertz CT molecular complexity index is 1180. The Morgan fingerprint density at radius 2 is 1.64 bits per heavy atom. The molecule has 190 valence electrons. The second-order valence-corrected chi connectivity index (χ2v) is 8.38. The van der Waals surface area contributed by atoms with E-state index in [0.717, 1.165) is 22.3 Å². The maximum Gasteiger partial charge on any atom is 0.410 e. The Morgan fingerprint density at radius 1 is 0.944 bits per heavy atom. The molecular formula is C28H30ClNO6. The lowest BCUT2D eigenvalue weighted by Gasteiger charge is -2.26. The van der Waals surface area contributed by atoms with Gasteiger partial charge in [-0.15, -0.1) is 0 Å². The van der Waals surface area contributed by atoms with E-state index in [9.17, 15) is 9.59 Å². The number of esters is 1. The van der Waals surface area contributed by atoms with Crippen molar-refractivity contribution in [3.8, 4) is 22.6 Å². The summed E-state index contributed by atoms with van der Waals surface area (Å²) in [7, 11) is 4.44. The maximum atomic E-state index is 13.1. The maximum absolute atomic E-state index is 13.1. The summed E-state index contributed by atoms with van der Waals surface area (Å²) in [5.41, 5.74) is 3.84. The van der Waals surface area contributed by atoms with Gasteiger partial charge in [0, 0.05) is 17.1 Å². The highest BCUT2D eigenvalue weighted by atomic mass is 35.5. The molecule has 0 heterocycles. The third-order valence-corrected chi connectivity index (χ3v) is 6.01. The Kier molecular flexibility index (Phi) is 9.59. The number of benzene rings is 3. The van der Waals surface area contributed by atoms with Crippen LogP contribution in [0.25, 0.3) is 11.1 Å². The van der Waals surface area contributed by atoms with Crippen molar-refractivity contribution >= 4 is 23.7 Å². The van der Waals surface area contributed by atoms with Crippen molar-refractivity contribution in [3.63, 3.8) is 0 Å². The molecule has 0 saturated heterocycles. The second kappa shape index (κ2) is 12.8. The number of methoxy groups -OCH3 is 3. The largest absolute Gasteiger partial charge is 0.493 e. The zero-order chi connectivity index (χ0) is 26.1. The van der Waals surface area contributed by atoms with Crippen molar-refractivity contribution in [3.05, 3.63) is 82.4 Å². The van der Waals surface area contributed by atoms with E-state index < -0.39 is 12.1 Å². The molecule has 0 saturated carbocycles. The van der Waals surface area contributed by atoms with Crippen molar-refractivity contribution in [2.45, 2.75) is 26.5 Å². The fourth-order valence-corrected chi connectivity index (χ4v) is 4.00. The van der Waals surface area contributed by atoms with E-state index in [1.807, 2.05) is 49.4 Å². The Hall–Kier alpha value is -3.71. The molecule has 8 heteroatoms. The lowest BCUT2D eigenvalue weighted by molar-refractivity contribution is -0.139. The van der Waals surface area contributed by atoms with Gasteiger partial charge in [-0.3, -0.25) is 4.79 Å². The van der Waals surface area contributed by atoms with Crippen LogP contribution in [-0.4, -0.2) is 44.8 Å². The normalized spacial score (nSPS) is 10.5. The highest BCUT2D eigenvalue weighted by Crippen LogP contribution is 2.43. The number of hydrogen-bond donors (Lipinski definition) is 0. The first-order valence-electron chi connectivity index (χ1n) is 11.5. The van der Waals surface area contributed by atoms with Crippen molar-refractivity contribution in [1.29, 1.82) is 0 Å². The molecule has 3 aromatic carbocycles. The van der Waals surface area contributed by atoms with Crippen molar-refractivity contribution in [2.75, 3.05) is 27.9 Å². The number of carbonyl (C=O) groups excluding carboxylic acids is 2. The van der Waals surface area contributed by atoms with Gasteiger partial charge in [0.05, 0.1) is 34.3 Å². The Morgan fingerprint density at radius 3 is 2.22 bits per heavy atom. The van der Waals surface area contributed by atoms with Gasteiger partial charge in [-0.05, 0) is 47.4 Å². The van der Waals surface area contributed by atoms with Gasteiger partial charge in [-0.1, -0.05) is 54.1 Å². The lowest BCUT2D eigenvalue weighted by Crippen LogP contribution is -2.31. The predicted octanol–water partition coefficient (Wildman–Crippen LogP) is 5.90. The van der Waals surface area contributed by atoms with Gasteiger partial charge in [0.1, 0.15) is 6.61 Å². The van der Waals surface area contributed by atoms with Crippen LogP contribution >= 0.6 is 11.6 Å². The van der Waals surface area contributed by atoms with E-state index in [4.69, 9.17) is 30.5 Å². The smallest absolute Gasteiger partial charge is 0.410 e. The molecule has 0 unspecified atom stereocenters. The topological polar surface area (TPSA) is 74.3 Å². The van der Waals surface area contributed by atoms with Crippen molar-refractivity contribution < 1.29 is 28.5 Å². The molecule has 0 aromatic heterocycles. The molecule has 3 rings (SSSR count). The third-order valence-electron chi connectivity index (χ3n) is 5.76. The first-order valence-corrected chi connectivity index (χ1v) is 11.8. The number of halogens is 1. The first kappa shape index (κ1) is 26.9. The van der Waals surface area contributed by atoms with Crippen LogP contribution in [0.15, 0.2) is 60.7 Å². The summed E-state index contributed by atoms with van der Waals surface area (Å²) in [5, 5.41) is 0.611. The quantitative estimate of drug-likeness (QED) is 0.315. The lowest BCUT2D eigenvalue weighted by atomic mass is 9.91. The molecule has 0 N–H and O–H groups in total. The summed E-state index contributed by atoms with van der Waals surface area (Å²) in [6.45, 7) is 2.55. The summed E-state index contributed by atoms with van der Waals surface area (Å²) in [6, 6.07) is 18.5. The van der Waals surface area contributed by atoms with Crippen LogP contribution in [0, 0.1) is 0 Å². The van der Waals surface area contributed by atoms with Crippen LogP contribution in [0.4, 0.5) is 4.79 Å². The summed E-state index contributed by atoms with van der Waals surface area (Å²) in [5.74, 6) is 0.584. The summed E-state index contributed by atoms with van der Waals surface area (Å²) < 4.78 is 21.9. The fraction of sp³-hybridized carbons (Fsp3) is 0.286. The first-order chi connectivity index (χ1) is 17.4. The van der Waals surface area contributed by atoms with Gasteiger partial charge in [-0.2, -0.15) is 0 Å². The van der Waals surface area contributed by atoms with E-state index in [1.54, 1.807) is 37.3 Å². The molecule has 3 aromatic rings. The van der Waals surface area contributed by atoms with E-state index in [0.29, 0.717) is 28.6 Å². The Balaban J connectivity index is 2.03. The molecule has 0 aliphatic heterocycles. The number of ether oxygens (including phenoxy) is 4. The zero-order valence-electron chi connectivity index (χ0n) is 20.9. The van der Waals surface area contributed by atoms with Crippen molar-refractivity contribution in [2.24, 2.45) is 0 Å². The SMILES string of the molecule is CCN(Cc1c(CC(=O)OC)cc(OC)c(OC)c1-c1ccccc1)C(=O)OCc1ccc(Cl)cc1. The Labute approximate surface area is 216 Å². The van der Waals surface area contributed by atoms with Gasteiger partial charge in [0.15, 0.2) is 11.5 Å². The van der Waals surface area contributed by atoms with E-state index in [2.05, 4.69) is 0 Å². The molecule has 0 aliphatic rings. The predicted molar refractivity (Wildman–Crippen MR) is 138 cm³/mol. The van der Waals surface area contributed by atoms with Crippen LogP contribution in [-0.2, 0) is 33.8 Å². The fourth-order valence-electron chi connectivity index (χ4n) is 3.88. The van der Waals surface area contributed by atoms with Gasteiger partial charge in [-0.25, -0.2) is 4.79 Å². The summed E-state index contributed by atoms with van der Waals surface area (Å²) in [6.07, 6.45) is -0.478. The number of rotatable bonds is 10. The second-order valence-electron chi connectivity index (χ2n) is 7.94. The van der Waals surface area contributed by atoms with E-state index in [1.165, 1.54) is 7.11 Å². The standard InChI is InChI=1S/C28H30ClNO6/c1-5-30(28(32)36-18-19-11-13-22(29)14-12-19)17-23-21(16-25(31)34-3)15-24(33-2)27(35-4)26(23)20-9-7-6-8-10-20/h6-15H,5,16-18H2,1-4H3. The average molecular weight is 512 g/mol. The van der Waals surface area contributed by atoms with Gasteiger partial charge >= 0.3 is 12.1 Å². The number of carbonyl (C=O) groups is 2. The zero-order valence-corrected chi connectivity index (χ0v) is 21.6. The highest BCUT2D eigenvalue weighted by Gasteiger charge is 2.25. The van der Waals surface area contributed by atoms with Crippen LogP contribution < -0.4 is 9.47 Å². The van der Waals surface area contributed by atoms with Gasteiger partial charge in [0.2, 0.25) is 0 Å². The molecule has 7 nitrogen and oxygen atoms in total. The molecule has 0 radical (unpaired) electrons. The minimum Gasteiger partial charge on any atom is -0.493 e. The molecule has 36 heavy (non-hydrogen) atoms. The van der Waals surface area contributed by atoms with Crippen molar-refractivity contribution in [1.82, 2.24) is 4.90 Å². The van der Waals surface area contributed by atoms with Gasteiger partial charge < -0.3 is 23.8 Å². The molecule has 0 atom stereocenters. The number of hydrogen-bond acceptors (Lipinski definition) is 6. The van der Waals surface area contributed by atoms with Crippen LogP contribution in [0.5, 0.6) is 11.5 Å². The monoisotopic (exact) mass is 511 g/mol. The number of amides is 1. The van der Waals surface area contributed by atoms with E-state index in [-0.39, 0.29) is 19.6 Å². The third kappa shape index (κ3) is 6.49. The van der Waals surface area contributed by atoms with Gasteiger partial charge in [0.25, 0.3) is 0 Å². The van der Waals surface area contributed by atoms with Crippen LogP contribution in [0.2, 0.25) is 5.02 Å². The summed E-state index contributed by atoms with van der Waals surface area (Å²) in [4.78, 5) is 26.9. The molecular weight excluding hydrogens is 482 g/mol. The molecule has 0 bridgehead atoms. The highest BCUT2D eigenvalue weighted by molar-refractivity contribution is 6.30. The minimum absolute atomic E-state index is 0.00337. The average Bonchev–Trinajstić information content (AvgIpc) is 2.91. The molecule has 0 fully saturated rings. The summed E-state index contributed by atoms with van der Waals surface area (Å²) >= 11 is 5.94.